The molecule has 21 heavy (non-hydrogen) atoms. The SMILES string of the molecule is COc1ccc2c(c1)CCCC2NC(C)Cc1cccs1. The summed E-state index contributed by atoms with van der Waals surface area (Å²) in [6.45, 7) is 2.29. The van der Waals surface area contributed by atoms with Crippen molar-refractivity contribution in [3.05, 3.63) is 51.7 Å². The summed E-state index contributed by atoms with van der Waals surface area (Å²) < 4.78 is 5.35. The molecule has 0 aliphatic heterocycles. The van der Waals surface area contributed by atoms with Crippen LogP contribution in [0.3, 0.4) is 0 Å². The molecule has 112 valence electrons. The molecule has 0 saturated heterocycles. The highest BCUT2D eigenvalue weighted by atomic mass is 32.1. The van der Waals surface area contributed by atoms with Gasteiger partial charge >= 0.3 is 0 Å². The van der Waals surface area contributed by atoms with Gasteiger partial charge in [-0.1, -0.05) is 12.1 Å². The zero-order chi connectivity index (χ0) is 14.7. The fourth-order valence-corrected chi connectivity index (χ4v) is 4.06. The largest absolute Gasteiger partial charge is 0.497 e. The van der Waals surface area contributed by atoms with E-state index in [-0.39, 0.29) is 0 Å². The van der Waals surface area contributed by atoms with Crippen LogP contribution in [0, 0.1) is 0 Å². The van der Waals surface area contributed by atoms with Crippen molar-refractivity contribution in [3.63, 3.8) is 0 Å². The fourth-order valence-electron chi connectivity index (χ4n) is 3.22. The van der Waals surface area contributed by atoms with Crippen molar-refractivity contribution < 1.29 is 4.74 Å². The van der Waals surface area contributed by atoms with Crippen LogP contribution in [0.5, 0.6) is 5.75 Å². The molecule has 1 aliphatic carbocycles. The molecular weight excluding hydrogens is 278 g/mol. The monoisotopic (exact) mass is 301 g/mol. The first kappa shape index (κ1) is 14.6. The number of nitrogens with one attached hydrogen (secondary N) is 1. The minimum absolute atomic E-state index is 0.481. The number of thiophene rings is 1. The molecule has 3 rings (SSSR count). The lowest BCUT2D eigenvalue weighted by Crippen LogP contribution is -2.34. The van der Waals surface area contributed by atoms with Crippen molar-refractivity contribution in [1.82, 2.24) is 5.32 Å². The summed E-state index contributed by atoms with van der Waals surface area (Å²) in [5.41, 5.74) is 2.90. The average Bonchev–Trinajstić information content (AvgIpc) is 2.99. The third-order valence-corrected chi connectivity index (χ3v) is 5.14. The first-order chi connectivity index (χ1) is 10.3. The molecule has 0 amide bonds. The maximum absolute atomic E-state index is 5.35. The quantitative estimate of drug-likeness (QED) is 0.886. The second kappa shape index (κ2) is 6.63. The second-order valence-corrected chi connectivity index (χ2v) is 6.89. The van der Waals surface area contributed by atoms with Gasteiger partial charge in [0, 0.05) is 17.0 Å². The van der Waals surface area contributed by atoms with Crippen molar-refractivity contribution in [1.29, 1.82) is 0 Å². The van der Waals surface area contributed by atoms with E-state index >= 15 is 0 Å². The molecule has 0 radical (unpaired) electrons. The highest BCUT2D eigenvalue weighted by Gasteiger charge is 2.22. The molecule has 2 aromatic rings. The Morgan fingerprint density at radius 1 is 1.38 bits per heavy atom. The molecule has 1 N–H and O–H groups in total. The van der Waals surface area contributed by atoms with Crippen molar-refractivity contribution >= 4 is 11.3 Å². The van der Waals surface area contributed by atoms with E-state index in [4.69, 9.17) is 4.74 Å². The lowest BCUT2D eigenvalue weighted by atomic mass is 9.87. The molecule has 2 atom stereocenters. The Morgan fingerprint density at radius 2 is 2.29 bits per heavy atom. The van der Waals surface area contributed by atoms with E-state index in [0.29, 0.717) is 12.1 Å². The van der Waals surface area contributed by atoms with Gasteiger partial charge in [-0.2, -0.15) is 0 Å². The van der Waals surface area contributed by atoms with Crippen molar-refractivity contribution in [2.24, 2.45) is 0 Å². The van der Waals surface area contributed by atoms with Crippen LogP contribution in [0.4, 0.5) is 0 Å². The van der Waals surface area contributed by atoms with Gasteiger partial charge in [-0.05, 0) is 67.3 Å². The van der Waals surface area contributed by atoms with Gasteiger partial charge in [0.1, 0.15) is 5.75 Å². The number of hydrogen-bond donors (Lipinski definition) is 1. The van der Waals surface area contributed by atoms with Crippen molar-refractivity contribution in [2.75, 3.05) is 7.11 Å². The van der Waals surface area contributed by atoms with Crippen LogP contribution < -0.4 is 10.1 Å². The maximum atomic E-state index is 5.35. The number of fused-ring (bicyclic) bond motifs is 1. The molecule has 1 heterocycles. The van der Waals surface area contributed by atoms with Crippen LogP contribution in [0.15, 0.2) is 35.7 Å². The summed E-state index contributed by atoms with van der Waals surface area (Å²) in [4.78, 5) is 1.46. The molecule has 0 saturated carbocycles. The Labute approximate surface area is 131 Å². The smallest absolute Gasteiger partial charge is 0.119 e. The van der Waals surface area contributed by atoms with E-state index in [2.05, 4.69) is 48.0 Å². The van der Waals surface area contributed by atoms with Crippen molar-refractivity contribution in [2.45, 2.75) is 44.7 Å². The summed E-state index contributed by atoms with van der Waals surface area (Å²) in [6.07, 6.45) is 4.77. The van der Waals surface area contributed by atoms with Gasteiger partial charge < -0.3 is 10.1 Å². The summed E-state index contributed by atoms with van der Waals surface area (Å²) in [5, 5.41) is 5.97. The summed E-state index contributed by atoms with van der Waals surface area (Å²) in [7, 11) is 1.74. The Balaban J connectivity index is 1.70. The van der Waals surface area contributed by atoms with E-state index in [0.717, 1.165) is 12.2 Å². The predicted octanol–water partition coefficient (Wildman–Crippen LogP) is 4.35. The lowest BCUT2D eigenvalue weighted by Gasteiger charge is -2.29. The molecule has 1 aromatic heterocycles. The summed E-state index contributed by atoms with van der Waals surface area (Å²) >= 11 is 1.85. The predicted molar refractivity (Wildman–Crippen MR) is 89.3 cm³/mol. The first-order valence-corrected chi connectivity index (χ1v) is 8.59. The molecule has 0 spiro atoms. The minimum Gasteiger partial charge on any atom is -0.497 e. The van der Waals surface area contributed by atoms with E-state index in [1.165, 1.54) is 35.3 Å². The normalized spacial score (nSPS) is 19.0. The van der Waals surface area contributed by atoms with Gasteiger partial charge in [0.2, 0.25) is 0 Å². The number of aryl methyl sites for hydroxylation is 1. The van der Waals surface area contributed by atoms with E-state index in [1.807, 2.05) is 11.3 Å². The second-order valence-electron chi connectivity index (χ2n) is 5.86. The molecule has 1 aromatic carbocycles. The topological polar surface area (TPSA) is 21.3 Å². The van der Waals surface area contributed by atoms with Gasteiger partial charge in [-0.3, -0.25) is 0 Å². The van der Waals surface area contributed by atoms with E-state index < -0.39 is 0 Å². The number of methoxy groups -OCH3 is 1. The fraction of sp³-hybridized carbons (Fsp3) is 0.444. The van der Waals surface area contributed by atoms with E-state index in [1.54, 1.807) is 7.11 Å². The van der Waals surface area contributed by atoms with Crippen LogP contribution in [0.25, 0.3) is 0 Å². The number of rotatable bonds is 5. The molecule has 0 bridgehead atoms. The highest BCUT2D eigenvalue weighted by Crippen LogP contribution is 2.32. The van der Waals surface area contributed by atoms with Gasteiger partial charge in [0.15, 0.2) is 0 Å². The van der Waals surface area contributed by atoms with Crippen molar-refractivity contribution in [3.8, 4) is 5.75 Å². The van der Waals surface area contributed by atoms with Gasteiger partial charge in [-0.15, -0.1) is 11.3 Å². The third kappa shape index (κ3) is 3.47. The van der Waals surface area contributed by atoms with Crippen LogP contribution in [-0.4, -0.2) is 13.2 Å². The average molecular weight is 301 g/mol. The zero-order valence-corrected chi connectivity index (χ0v) is 13.6. The molecule has 2 unspecified atom stereocenters. The Kier molecular flexibility index (Phi) is 4.61. The molecule has 3 heteroatoms. The Bertz CT molecular complexity index is 579. The standard InChI is InChI=1S/C18H23NOS/c1-13(11-16-6-4-10-21-16)19-18-7-3-5-14-12-15(20-2)8-9-17(14)18/h4,6,8-10,12-13,18-19H,3,5,7,11H2,1-2H3. The number of ether oxygens (including phenoxy) is 1. The number of benzene rings is 1. The molecule has 1 aliphatic rings. The maximum Gasteiger partial charge on any atom is 0.119 e. The molecule has 2 nitrogen and oxygen atoms in total. The van der Waals surface area contributed by atoms with Crippen LogP contribution in [-0.2, 0) is 12.8 Å². The van der Waals surface area contributed by atoms with Crippen LogP contribution in [0.2, 0.25) is 0 Å². The zero-order valence-electron chi connectivity index (χ0n) is 12.8. The minimum atomic E-state index is 0.481. The van der Waals surface area contributed by atoms with Crippen LogP contribution in [0.1, 0.15) is 41.8 Å². The van der Waals surface area contributed by atoms with Gasteiger partial charge in [0.05, 0.1) is 7.11 Å². The summed E-state index contributed by atoms with van der Waals surface area (Å²) in [5.74, 6) is 0.973. The summed E-state index contributed by atoms with van der Waals surface area (Å²) in [6, 6.07) is 11.9. The lowest BCUT2D eigenvalue weighted by molar-refractivity contribution is 0.399. The third-order valence-electron chi connectivity index (χ3n) is 4.24. The highest BCUT2D eigenvalue weighted by molar-refractivity contribution is 7.09. The van der Waals surface area contributed by atoms with Gasteiger partial charge in [0.25, 0.3) is 0 Å². The van der Waals surface area contributed by atoms with E-state index in [9.17, 15) is 0 Å². The Morgan fingerprint density at radius 3 is 3.05 bits per heavy atom. The number of hydrogen-bond acceptors (Lipinski definition) is 3. The van der Waals surface area contributed by atoms with Crippen LogP contribution >= 0.6 is 11.3 Å². The Hall–Kier alpha value is -1.32. The first-order valence-electron chi connectivity index (χ1n) is 7.71. The van der Waals surface area contributed by atoms with Gasteiger partial charge in [-0.25, -0.2) is 0 Å². The molecular formula is C18H23NOS. The molecule has 0 fully saturated rings.